The molecular weight excluding hydrogens is 809 g/mol. The Labute approximate surface area is 361 Å². The molecule has 18 nitrogen and oxygen atoms in total. The van der Waals surface area contributed by atoms with Gasteiger partial charge in [0.05, 0.1) is 23.4 Å². The van der Waals surface area contributed by atoms with E-state index in [-0.39, 0.29) is 48.7 Å². The molecule has 19 heteroatoms. The molecular formula is C42H70N8O10S. The van der Waals surface area contributed by atoms with Crippen molar-refractivity contribution >= 4 is 45.6 Å². The number of aliphatic imine (C=N–C) groups is 1. The number of nitrogens with one attached hydrogen (secondary N) is 4. The lowest BCUT2D eigenvalue weighted by Crippen LogP contribution is -2.52. The van der Waals surface area contributed by atoms with Crippen LogP contribution in [0.2, 0.25) is 0 Å². The van der Waals surface area contributed by atoms with Crippen molar-refractivity contribution in [2.45, 2.75) is 173 Å². The largest absolute Gasteiger partial charge is 0.487 e. The van der Waals surface area contributed by atoms with Crippen molar-refractivity contribution in [3.63, 3.8) is 0 Å². The number of aliphatic carboxylic acids is 1. The maximum atomic E-state index is 13.9. The molecule has 0 aliphatic carbocycles. The van der Waals surface area contributed by atoms with Crippen molar-refractivity contribution < 1.29 is 47.0 Å². The van der Waals surface area contributed by atoms with Crippen LogP contribution in [0.15, 0.2) is 9.89 Å². The van der Waals surface area contributed by atoms with Crippen LogP contribution in [0.1, 0.15) is 128 Å². The van der Waals surface area contributed by atoms with Crippen LogP contribution in [0, 0.1) is 20.8 Å². The lowest BCUT2D eigenvalue weighted by molar-refractivity contribution is -0.156. The zero-order valence-electron chi connectivity index (χ0n) is 37.5. The van der Waals surface area contributed by atoms with Crippen molar-refractivity contribution in [3.05, 3.63) is 22.3 Å². The Kier molecular flexibility index (Phi) is 18.4. The number of carbonyl (C=O) groups excluding carboxylic acids is 4. The van der Waals surface area contributed by atoms with E-state index in [0.717, 1.165) is 49.7 Å². The topological polar surface area (TPSA) is 274 Å². The van der Waals surface area contributed by atoms with Gasteiger partial charge in [-0.2, -0.15) is 0 Å². The summed E-state index contributed by atoms with van der Waals surface area (Å²) in [5.41, 5.74) is 13.7. The third-order valence-electron chi connectivity index (χ3n) is 10.9. The van der Waals surface area contributed by atoms with E-state index in [0.29, 0.717) is 36.4 Å². The Hall–Kier alpha value is -4.49. The summed E-state index contributed by atoms with van der Waals surface area (Å²) in [5, 5.41) is 17.2. The lowest BCUT2D eigenvalue weighted by Gasteiger charge is -2.35. The van der Waals surface area contributed by atoms with Gasteiger partial charge in [0.25, 0.3) is 10.0 Å². The Bertz CT molecular complexity index is 1900. The van der Waals surface area contributed by atoms with Gasteiger partial charge in [-0.05, 0) is 123 Å². The van der Waals surface area contributed by atoms with Gasteiger partial charge in [0, 0.05) is 19.1 Å². The number of nitrogens with zero attached hydrogens (tertiary/aromatic N) is 2. The zero-order chi connectivity index (χ0) is 45.9. The van der Waals surface area contributed by atoms with Crippen LogP contribution < -0.4 is 36.9 Å². The number of hydrogen-bond donors (Lipinski definition) is 7. The van der Waals surface area contributed by atoms with Crippen molar-refractivity contribution in [1.29, 1.82) is 0 Å². The standard InChI is InChI=1S/C42H70N8O10S/c1-10-11-12-13-14-20-50-24-28(47-37(54)30(43)22-34(53)59-41(5,6)7)21-32(50)39(56)48-31(38(55)46-23-33(51)52)16-15-19-45-40(44)49-61(57,58)36-26(3)25(2)35-29(27(36)4)17-18-42(8,9)60-35/h28,30-32H,10-24,43H2,1-9H3,(H,46,55)(H,47,54)(H,48,56)(H,51,52)(H3,44,45,49)/t28-,30-,31-,32-/m0/s1. The number of sulfonamides is 1. The zero-order valence-corrected chi connectivity index (χ0v) is 38.3. The van der Waals surface area contributed by atoms with Crippen molar-refractivity contribution in [1.82, 2.24) is 25.6 Å². The summed E-state index contributed by atoms with van der Waals surface area (Å²) >= 11 is 0. The first kappa shape index (κ1) is 50.9. The minimum Gasteiger partial charge on any atom is -0.487 e. The summed E-state index contributed by atoms with van der Waals surface area (Å²) in [6.07, 6.45) is 6.34. The molecule has 0 bridgehead atoms. The molecule has 0 unspecified atom stereocenters. The molecule has 9 N–H and O–H groups in total. The maximum absolute atomic E-state index is 13.9. The molecule has 1 fully saturated rings. The number of ether oxygens (including phenoxy) is 2. The Morgan fingerprint density at radius 2 is 1.69 bits per heavy atom. The number of fused-ring (bicyclic) bond motifs is 1. The van der Waals surface area contributed by atoms with E-state index < -0.39 is 76.0 Å². The quantitative estimate of drug-likeness (QED) is 0.0405. The summed E-state index contributed by atoms with van der Waals surface area (Å²) in [5.74, 6) is -3.32. The summed E-state index contributed by atoms with van der Waals surface area (Å²) in [6.45, 7) is 16.7. The molecule has 0 saturated carbocycles. The third kappa shape index (κ3) is 15.4. The number of hydrogen-bond acceptors (Lipinski definition) is 12. The third-order valence-corrected chi connectivity index (χ3v) is 12.5. The van der Waals surface area contributed by atoms with Gasteiger partial charge in [0.1, 0.15) is 29.5 Å². The normalized spacial score (nSPS) is 18.9. The van der Waals surface area contributed by atoms with Gasteiger partial charge >= 0.3 is 11.9 Å². The number of rotatable bonds is 21. The van der Waals surface area contributed by atoms with Gasteiger partial charge in [-0.3, -0.25) is 33.9 Å². The van der Waals surface area contributed by atoms with Crippen LogP contribution in [0.5, 0.6) is 5.75 Å². The molecule has 0 aromatic heterocycles. The molecule has 2 heterocycles. The number of benzene rings is 1. The number of carbonyl (C=O) groups is 5. The van der Waals surface area contributed by atoms with Gasteiger partial charge in [-0.1, -0.05) is 32.6 Å². The number of nitrogens with two attached hydrogens (primary N) is 2. The number of likely N-dealkylation sites (tertiary alicyclic amines) is 1. The Balaban J connectivity index is 1.72. The van der Waals surface area contributed by atoms with Crippen LogP contribution >= 0.6 is 0 Å². The van der Waals surface area contributed by atoms with Crippen LogP contribution in [-0.2, 0) is 45.2 Å². The van der Waals surface area contributed by atoms with Crippen LogP contribution in [0.4, 0.5) is 0 Å². The van der Waals surface area contributed by atoms with Gasteiger partial charge in [-0.25, -0.2) is 13.1 Å². The molecule has 3 rings (SSSR count). The summed E-state index contributed by atoms with van der Waals surface area (Å²) in [6, 6.07) is -3.56. The predicted molar refractivity (Wildman–Crippen MR) is 231 cm³/mol. The van der Waals surface area contributed by atoms with Crippen LogP contribution in [0.25, 0.3) is 0 Å². The average Bonchev–Trinajstić information content (AvgIpc) is 3.54. The minimum absolute atomic E-state index is 0.0166. The molecule has 1 aromatic rings. The second-order valence-electron chi connectivity index (χ2n) is 17.8. The minimum atomic E-state index is -4.16. The van der Waals surface area contributed by atoms with E-state index in [1.54, 1.807) is 34.6 Å². The molecule has 2 aliphatic heterocycles. The first-order chi connectivity index (χ1) is 28.4. The van der Waals surface area contributed by atoms with E-state index in [2.05, 4.69) is 32.6 Å². The number of carboxylic acids is 1. The highest BCUT2D eigenvalue weighted by Crippen LogP contribution is 2.42. The SMILES string of the molecule is CCCCCCCN1C[C@@H](NC(=O)[C@@H](N)CC(=O)OC(C)(C)C)C[C@H]1C(=O)N[C@@H](CCCN=C(N)NS(=O)(=O)c1c(C)c(C)c2c(c1C)CCC(C)(C)O2)C(=O)NCC(=O)O. The van der Waals surface area contributed by atoms with Gasteiger partial charge < -0.3 is 42.0 Å². The first-order valence-corrected chi connectivity index (χ1v) is 22.8. The van der Waals surface area contributed by atoms with Gasteiger partial charge in [0.2, 0.25) is 23.7 Å². The van der Waals surface area contributed by atoms with Crippen LogP contribution in [0.3, 0.4) is 0 Å². The number of carboxylic acid groups (broad SMARTS) is 1. The van der Waals surface area contributed by atoms with E-state index in [1.165, 1.54) is 0 Å². The van der Waals surface area contributed by atoms with Gasteiger partial charge in [0.15, 0.2) is 0 Å². The van der Waals surface area contributed by atoms with Crippen molar-refractivity contribution in [2.24, 2.45) is 16.5 Å². The first-order valence-electron chi connectivity index (χ1n) is 21.3. The van der Waals surface area contributed by atoms with Crippen LogP contribution in [-0.4, -0.2) is 116 Å². The smallest absolute Gasteiger partial charge is 0.322 e. The number of amides is 3. The Morgan fingerprint density at radius 3 is 2.33 bits per heavy atom. The fourth-order valence-electron chi connectivity index (χ4n) is 7.70. The second kappa shape index (κ2) is 22.0. The number of guanidine groups is 1. The maximum Gasteiger partial charge on any atom is 0.322 e. The van der Waals surface area contributed by atoms with E-state index in [4.69, 9.17) is 20.9 Å². The fraction of sp³-hybridized carbons (Fsp3) is 0.714. The summed E-state index contributed by atoms with van der Waals surface area (Å²) in [4.78, 5) is 70.1. The van der Waals surface area contributed by atoms with E-state index in [9.17, 15) is 37.5 Å². The molecule has 0 spiro atoms. The molecule has 2 aliphatic rings. The molecule has 3 amide bonds. The molecule has 0 radical (unpaired) electrons. The summed E-state index contributed by atoms with van der Waals surface area (Å²) in [7, 11) is -4.16. The van der Waals surface area contributed by atoms with Crippen molar-refractivity contribution in [3.8, 4) is 5.75 Å². The Morgan fingerprint density at radius 1 is 1.02 bits per heavy atom. The molecule has 61 heavy (non-hydrogen) atoms. The monoisotopic (exact) mass is 878 g/mol. The number of unbranched alkanes of at least 4 members (excludes halogenated alkanes) is 4. The number of esters is 1. The summed E-state index contributed by atoms with van der Waals surface area (Å²) < 4.78 is 41.3. The highest BCUT2D eigenvalue weighted by molar-refractivity contribution is 7.90. The fourth-order valence-corrected chi connectivity index (χ4v) is 9.22. The molecule has 1 aromatic carbocycles. The van der Waals surface area contributed by atoms with Crippen molar-refractivity contribution in [2.75, 3.05) is 26.2 Å². The average molecular weight is 879 g/mol. The molecule has 1 saturated heterocycles. The highest BCUT2D eigenvalue weighted by atomic mass is 32.2. The predicted octanol–water partition coefficient (Wildman–Crippen LogP) is 2.36. The van der Waals surface area contributed by atoms with E-state index >= 15 is 0 Å². The molecule has 4 atom stereocenters. The van der Waals surface area contributed by atoms with Gasteiger partial charge in [-0.15, -0.1) is 0 Å². The highest BCUT2D eigenvalue weighted by Gasteiger charge is 2.39. The lowest BCUT2D eigenvalue weighted by atomic mass is 9.88. The van der Waals surface area contributed by atoms with E-state index in [1.807, 2.05) is 25.7 Å². The molecule has 344 valence electrons. The second-order valence-corrected chi connectivity index (χ2v) is 19.4.